The molecular formula is C7H6FN3. The van der Waals surface area contributed by atoms with Crippen LogP contribution in [0.15, 0.2) is 18.5 Å². The van der Waals surface area contributed by atoms with Crippen LogP contribution in [0.5, 0.6) is 0 Å². The van der Waals surface area contributed by atoms with Crippen LogP contribution in [0.3, 0.4) is 0 Å². The van der Waals surface area contributed by atoms with E-state index in [1.54, 1.807) is 6.20 Å². The van der Waals surface area contributed by atoms with Gasteiger partial charge in [0.25, 0.3) is 0 Å². The molecule has 11 heavy (non-hydrogen) atoms. The molecule has 0 aliphatic rings. The maximum absolute atomic E-state index is 12.6. The van der Waals surface area contributed by atoms with Crippen molar-refractivity contribution in [1.82, 2.24) is 9.97 Å². The number of nitrogens with two attached hydrogens (primary N) is 1. The van der Waals surface area contributed by atoms with Gasteiger partial charge in [0.2, 0.25) is 0 Å². The van der Waals surface area contributed by atoms with Gasteiger partial charge in [0.05, 0.1) is 11.9 Å². The van der Waals surface area contributed by atoms with Crippen LogP contribution in [0.4, 0.5) is 10.1 Å². The second-order valence-electron chi connectivity index (χ2n) is 2.29. The fourth-order valence-electron chi connectivity index (χ4n) is 0.998. The first kappa shape index (κ1) is 6.15. The molecule has 3 N–H and O–H groups in total. The van der Waals surface area contributed by atoms with E-state index >= 15 is 0 Å². The molecule has 2 aromatic heterocycles. The van der Waals surface area contributed by atoms with Gasteiger partial charge in [-0.2, -0.15) is 0 Å². The van der Waals surface area contributed by atoms with Crippen LogP contribution in [0, 0.1) is 5.82 Å². The van der Waals surface area contributed by atoms with Gasteiger partial charge in [0.15, 0.2) is 0 Å². The summed E-state index contributed by atoms with van der Waals surface area (Å²) in [4.78, 5) is 6.60. The minimum Gasteiger partial charge on any atom is -0.397 e. The van der Waals surface area contributed by atoms with Gasteiger partial charge < -0.3 is 10.7 Å². The smallest absolute Gasteiger partial charge is 0.142 e. The number of nitrogen functional groups attached to an aromatic ring is 1. The molecule has 0 bridgehead atoms. The molecule has 2 aromatic rings. The Morgan fingerprint density at radius 2 is 2.36 bits per heavy atom. The first-order valence-electron chi connectivity index (χ1n) is 3.15. The van der Waals surface area contributed by atoms with Crippen LogP contribution < -0.4 is 5.73 Å². The third kappa shape index (κ3) is 0.832. The lowest BCUT2D eigenvalue weighted by molar-refractivity contribution is 0.624. The van der Waals surface area contributed by atoms with E-state index in [-0.39, 0.29) is 5.82 Å². The van der Waals surface area contributed by atoms with E-state index in [9.17, 15) is 4.39 Å². The van der Waals surface area contributed by atoms with Crippen LogP contribution in [-0.2, 0) is 0 Å². The Morgan fingerprint density at radius 3 is 3.18 bits per heavy atom. The van der Waals surface area contributed by atoms with Gasteiger partial charge in [-0.1, -0.05) is 0 Å². The third-order valence-corrected chi connectivity index (χ3v) is 1.53. The Morgan fingerprint density at radius 1 is 1.55 bits per heavy atom. The molecule has 0 saturated carbocycles. The number of anilines is 1. The summed E-state index contributed by atoms with van der Waals surface area (Å²) < 4.78 is 12.6. The monoisotopic (exact) mass is 151 g/mol. The predicted molar refractivity (Wildman–Crippen MR) is 40.5 cm³/mol. The summed E-state index contributed by atoms with van der Waals surface area (Å²) in [5, 5.41) is 0.630. The van der Waals surface area contributed by atoms with E-state index in [0.717, 1.165) is 6.20 Å². The largest absolute Gasteiger partial charge is 0.397 e. The number of halogens is 1. The maximum atomic E-state index is 12.6. The van der Waals surface area contributed by atoms with Crippen molar-refractivity contribution < 1.29 is 4.39 Å². The molecule has 0 fully saturated rings. The van der Waals surface area contributed by atoms with Crippen molar-refractivity contribution in [3.63, 3.8) is 0 Å². The molecule has 0 saturated heterocycles. The molecule has 3 nitrogen and oxygen atoms in total. The molecule has 0 unspecified atom stereocenters. The Bertz CT molecular complexity index is 393. The standard InChI is InChI=1S/C7H6FN3/c8-4-1-5-6(9)3-11-7(5)10-2-4/h1-3H,9H2,(H,10,11). The van der Waals surface area contributed by atoms with E-state index in [2.05, 4.69) is 9.97 Å². The van der Waals surface area contributed by atoms with E-state index in [1.807, 2.05) is 0 Å². The van der Waals surface area contributed by atoms with Crippen LogP contribution in [0.1, 0.15) is 0 Å². The van der Waals surface area contributed by atoms with Crippen LogP contribution in [0.2, 0.25) is 0 Å². The molecule has 0 aliphatic heterocycles. The normalized spacial score (nSPS) is 10.6. The highest BCUT2D eigenvalue weighted by Gasteiger charge is 2.01. The molecule has 4 heteroatoms. The number of hydrogen-bond acceptors (Lipinski definition) is 2. The number of nitrogens with zero attached hydrogens (tertiary/aromatic N) is 1. The zero-order chi connectivity index (χ0) is 7.84. The first-order valence-corrected chi connectivity index (χ1v) is 3.15. The Balaban J connectivity index is 2.87. The number of nitrogens with one attached hydrogen (secondary N) is 1. The number of aromatic amines is 1. The zero-order valence-electron chi connectivity index (χ0n) is 5.63. The third-order valence-electron chi connectivity index (χ3n) is 1.53. The lowest BCUT2D eigenvalue weighted by atomic mass is 10.3. The van der Waals surface area contributed by atoms with E-state index < -0.39 is 0 Å². The van der Waals surface area contributed by atoms with Gasteiger partial charge in [-0.3, -0.25) is 0 Å². The van der Waals surface area contributed by atoms with Gasteiger partial charge in [-0.05, 0) is 6.07 Å². The van der Waals surface area contributed by atoms with Crippen molar-refractivity contribution >= 4 is 16.7 Å². The summed E-state index contributed by atoms with van der Waals surface area (Å²) in [6.07, 6.45) is 2.75. The SMILES string of the molecule is Nc1c[nH]c2ncc(F)cc12. The molecule has 56 valence electrons. The minimum absolute atomic E-state index is 0.371. The Labute approximate surface area is 62.0 Å². The summed E-state index contributed by atoms with van der Waals surface area (Å²) >= 11 is 0. The van der Waals surface area contributed by atoms with Crippen molar-refractivity contribution in [1.29, 1.82) is 0 Å². The van der Waals surface area contributed by atoms with Crippen molar-refractivity contribution in [2.45, 2.75) is 0 Å². The van der Waals surface area contributed by atoms with Gasteiger partial charge >= 0.3 is 0 Å². The average molecular weight is 151 g/mol. The molecule has 0 radical (unpaired) electrons. The van der Waals surface area contributed by atoms with Gasteiger partial charge in [-0.15, -0.1) is 0 Å². The van der Waals surface area contributed by atoms with E-state index in [1.165, 1.54) is 6.07 Å². The number of rotatable bonds is 0. The lowest BCUT2D eigenvalue weighted by Gasteiger charge is -1.89. The highest BCUT2D eigenvalue weighted by molar-refractivity contribution is 5.88. The second-order valence-corrected chi connectivity index (χ2v) is 2.29. The van der Waals surface area contributed by atoms with Crippen molar-refractivity contribution in [2.75, 3.05) is 5.73 Å². The topological polar surface area (TPSA) is 54.7 Å². The van der Waals surface area contributed by atoms with E-state index in [4.69, 9.17) is 5.73 Å². The summed E-state index contributed by atoms with van der Waals surface area (Å²) in [6.45, 7) is 0. The highest BCUT2D eigenvalue weighted by atomic mass is 19.1. The number of H-pyrrole nitrogens is 1. The minimum atomic E-state index is -0.371. The lowest BCUT2D eigenvalue weighted by Crippen LogP contribution is -1.82. The number of aromatic nitrogens is 2. The van der Waals surface area contributed by atoms with Gasteiger partial charge in [0.1, 0.15) is 11.5 Å². The molecule has 0 atom stereocenters. The molecule has 2 heterocycles. The molecular weight excluding hydrogens is 145 g/mol. The summed E-state index contributed by atoms with van der Waals surface area (Å²) in [7, 11) is 0. The van der Waals surface area contributed by atoms with Crippen LogP contribution in [-0.4, -0.2) is 9.97 Å². The molecule has 0 aromatic carbocycles. The summed E-state index contributed by atoms with van der Waals surface area (Å²) in [6, 6.07) is 1.36. The van der Waals surface area contributed by atoms with Crippen LogP contribution >= 0.6 is 0 Å². The molecule has 2 rings (SSSR count). The second kappa shape index (κ2) is 1.95. The highest BCUT2D eigenvalue weighted by Crippen LogP contribution is 2.18. The quantitative estimate of drug-likeness (QED) is 0.596. The average Bonchev–Trinajstić information content (AvgIpc) is 2.33. The number of pyridine rings is 1. The van der Waals surface area contributed by atoms with Crippen molar-refractivity contribution in [3.05, 3.63) is 24.3 Å². The molecule has 0 amide bonds. The van der Waals surface area contributed by atoms with Crippen LogP contribution in [0.25, 0.3) is 11.0 Å². The molecule has 0 spiro atoms. The Kier molecular flexibility index (Phi) is 1.09. The fourth-order valence-corrected chi connectivity index (χ4v) is 0.998. The van der Waals surface area contributed by atoms with Crippen molar-refractivity contribution in [2.24, 2.45) is 0 Å². The fraction of sp³-hybridized carbons (Fsp3) is 0. The molecule has 0 aliphatic carbocycles. The predicted octanol–water partition coefficient (Wildman–Crippen LogP) is 1.28. The van der Waals surface area contributed by atoms with E-state index in [0.29, 0.717) is 16.7 Å². The van der Waals surface area contributed by atoms with Crippen molar-refractivity contribution in [3.8, 4) is 0 Å². The maximum Gasteiger partial charge on any atom is 0.142 e. The zero-order valence-corrected chi connectivity index (χ0v) is 5.63. The summed E-state index contributed by atoms with van der Waals surface area (Å²) in [5.74, 6) is -0.371. The summed E-state index contributed by atoms with van der Waals surface area (Å²) in [5.41, 5.74) is 6.64. The number of fused-ring (bicyclic) bond motifs is 1. The Hall–Kier alpha value is -1.58. The van der Waals surface area contributed by atoms with Gasteiger partial charge in [0, 0.05) is 11.6 Å². The first-order chi connectivity index (χ1) is 5.27. The number of hydrogen-bond donors (Lipinski definition) is 2. The van der Waals surface area contributed by atoms with Gasteiger partial charge in [-0.25, -0.2) is 9.37 Å².